The number of aromatic nitrogens is 2. The van der Waals surface area contributed by atoms with Crippen LogP contribution in [0.25, 0.3) is 0 Å². The normalized spacial score (nSPS) is 22.1. The van der Waals surface area contributed by atoms with Gasteiger partial charge in [-0.1, -0.05) is 27.2 Å². The summed E-state index contributed by atoms with van der Waals surface area (Å²) in [5, 5.41) is 8.14. The molecular weight excluding hydrogens is 230 g/mol. The minimum Gasteiger partial charge on any atom is -0.423 e. The zero-order valence-corrected chi connectivity index (χ0v) is 11.3. The lowest BCUT2D eigenvalue weighted by molar-refractivity contribution is -0.113. The first-order chi connectivity index (χ1) is 8.50. The maximum Gasteiger partial charge on any atom is 0.230 e. The minimum atomic E-state index is -0.128. The quantitative estimate of drug-likeness (QED) is 0.768. The van der Waals surface area contributed by atoms with Gasteiger partial charge in [-0.2, -0.15) is 0 Å². The van der Waals surface area contributed by atoms with Crippen molar-refractivity contribution in [1.82, 2.24) is 15.1 Å². The topological polar surface area (TPSA) is 59.2 Å². The van der Waals surface area contributed by atoms with Gasteiger partial charge in [-0.25, -0.2) is 0 Å². The third-order valence-electron chi connectivity index (χ3n) is 3.27. The lowest BCUT2D eigenvalue weighted by atomic mass is 9.97. The third-order valence-corrected chi connectivity index (χ3v) is 3.27. The SMILES string of the molecule is CC(C)(C)c1nnc(CN2CCCCC2C=O)o1. The van der Waals surface area contributed by atoms with E-state index in [1.807, 2.05) is 20.8 Å². The van der Waals surface area contributed by atoms with Crippen molar-refractivity contribution < 1.29 is 9.21 Å². The molecule has 1 aromatic rings. The van der Waals surface area contributed by atoms with E-state index in [2.05, 4.69) is 15.1 Å². The van der Waals surface area contributed by atoms with Gasteiger partial charge < -0.3 is 9.21 Å². The van der Waals surface area contributed by atoms with E-state index in [-0.39, 0.29) is 11.5 Å². The Morgan fingerprint density at radius 3 is 2.78 bits per heavy atom. The van der Waals surface area contributed by atoms with Crippen LogP contribution in [0.4, 0.5) is 0 Å². The lowest BCUT2D eigenvalue weighted by Gasteiger charge is -2.30. The second kappa shape index (κ2) is 5.18. The van der Waals surface area contributed by atoms with Crippen LogP contribution in [-0.4, -0.2) is 34.0 Å². The van der Waals surface area contributed by atoms with E-state index in [0.717, 1.165) is 32.1 Å². The average molecular weight is 251 g/mol. The Labute approximate surface area is 108 Å². The molecule has 1 saturated heterocycles. The predicted octanol–water partition coefficient (Wildman–Crippen LogP) is 1.92. The van der Waals surface area contributed by atoms with Crippen molar-refractivity contribution >= 4 is 6.29 Å². The van der Waals surface area contributed by atoms with Crippen LogP contribution in [0.1, 0.15) is 51.8 Å². The Kier molecular flexibility index (Phi) is 3.80. The van der Waals surface area contributed by atoms with E-state index in [1.54, 1.807) is 0 Å². The molecule has 5 heteroatoms. The number of aldehydes is 1. The number of carbonyl (C=O) groups excluding carboxylic acids is 1. The van der Waals surface area contributed by atoms with E-state index in [9.17, 15) is 4.79 Å². The van der Waals surface area contributed by atoms with Crippen molar-refractivity contribution in [3.05, 3.63) is 11.8 Å². The molecule has 1 atom stereocenters. The average Bonchev–Trinajstić information content (AvgIpc) is 2.78. The second-order valence-electron chi connectivity index (χ2n) is 5.92. The number of likely N-dealkylation sites (tertiary alicyclic amines) is 1. The summed E-state index contributed by atoms with van der Waals surface area (Å²) in [6.07, 6.45) is 4.21. The zero-order valence-electron chi connectivity index (χ0n) is 11.3. The molecule has 0 aliphatic carbocycles. The summed E-state index contributed by atoms with van der Waals surface area (Å²) in [4.78, 5) is 13.1. The first kappa shape index (κ1) is 13.2. The molecule has 1 aliphatic heterocycles. The molecule has 1 fully saturated rings. The molecule has 2 rings (SSSR count). The lowest BCUT2D eigenvalue weighted by Crippen LogP contribution is -2.39. The maximum absolute atomic E-state index is 11.0. The Morgan fingerprint density at radius 2 is 2.17 bits per heavy atom. The molecule has 1 aliphatic rings. The Balaban J connectivity index is 2.04. The highest BCUT2D eigenvalue weighted by Crippen LogP contribution is 2.22. The van der Waals surface area contributed by atoms with E-state index in [4.69, 9.17) is 4.42 Å². The molecule has 5 nitrogen and oxygen atoms in total. The van der Waals surface area contributed by atoms with Crippen molar-refractivity contribution in [3.8, 4) is 0 Å². The highest BCUT2D eigenvalue weighted by atomic mass is 16.4. The van der Waals surface area contributed by atoms with Crippen molar-refractivity contribution in [1.29, 1.82) is 0 Å². The molecule has 1 unspecified atom stereocenters. The van der Waals surface area contributed by atoms with Gasteiger partial charge >= 0.3 is 0 Å². The van der Waals surface area contributed by atoms with Crippen LogP contribution in [0.5, 0.6) is 0 Å². The highest BCUT2D eigenvalue weighted by molar-refractivity contribution is 5.57. The second-order valence-corrected chi connectivity index (χ2v) is 5.92. The summed E-state index contributed by atoms with van der Waals surface area (Å²) in [6, 6.07) is 0.00346. The van der Waals surface area contributed by atoms with Crippen LogP contribution in [0.15, 0.2) is 4.42 Å². The Hall–Kier alpha value is -1.23. The van der Waals surface area contributed by atoms with Crippen LogP contribution >= 0.6 is 0 Å². The van der Waals surface area contributed by atoms with Gasteiger partial charge in [0, 0.05) is 5.41 Å². The smallest absolute Gasteiger partial charge is 0.230 e. The van der Waals surface area contributed by atoms with Gasteiger partial charge in [0.2, 0.25) is 11.8 Å². The monoisotopic (exact) mass is 251 g/mol. The van der Waals surface area contributed by atoms with Gasteiger partial charge in [-0.15, -0.1) is 10.2 Å². The molecule has 100 valence electrons. The molecule has 0 spiro atoms. The van der Waals surface area contributed by atoms with Gasteiger partial charge in [-0.3, -0.25) is 4.90 Å². The number of piperidine rings is 1. The summed E-state index contributed by atoms with van der Waals surface area (Å²) in [7, 11) is 0. The molecular formula is C13H21N3O2. The molecule has 0 amide bonds. The number of carbonyl (C=O) groups is 1. The van der Waals surface area contributed by atoms with E-state index in [1.165, 1.54) is 0 Å². The van der Waals surface area contributed by atoms with Crippen LogP contribution in [-0.2, 0) is 16.8 Å². The fourth-order valence-corrected chi connectivity index (χ4v) is 2.16. The predicted molar refractivity (Wildman–Crippen MR) is 67.1 cm³/mol. The van der Waals surface area contributed by atoms with Crippen molar-refractivity contribution in [2.75, 3.05) is 6.54 Å². The summed E-state index contributed by atoms with van der Waals surface area (Å²) in [5.74, 6) is 1.26. The first-order valence-corrected chi connectivity index (χ1v) is 6.53. The molecule has 1 aromatic heterocycles. The molecule has 0 radical (unpaired) electrons. The highest BCUT2D eigenvalue weighted by Gasteiger charge is 2.25. The van der Waals surface area contributed by atoms with Crippen LogP contribution in [0.2, 0.25) is 0 Å². The summed E-state index contributed by atoms with van der Waals surface area (Å²) >= 11 is 0. The van der Waals surface area contributed by atoms with E-state index < -0.39 is 0 Å². The van der Waals surface area contributed by atoms with Gasteiger partial charge in [0.25, 0.3) is 0 Å². The van der Waals surface area contributed by atoms with Crippen molar-refractivity contribution in [3.63, 3.8) is 0 Å². The fourth-order valence-electron chi connectivity index (χ4n) is 2.16. The molecule has 0 aromatic carbocycles. The Morgan fingerprint density at radius 1 is 1.39 bits per heavy atom. The van der Waals surface area contributed by atoms with Gasteiger partial charge in [0.15, 0.2) is 0 Å². The van der Waals surface area contributed by atoms with Crippen molar-refractivity contribution in [2.45, 2.75) is 58.0 Å². The third kappa shape index (κ3) is 2.96. The molecule has 0 saturated carbocycles. The maximum atomic E-state index is 11.0. The van der Waals surface area contributed by atoms with Crippen molar-refractivity contribution in [2.24, 2.45) is 0 Å². The molecule has 0 bridgehead atoms. The summed E-state index contributed by atoms with van der Waals surface area (Å²) in [6.45, 7) is 7.63. The molecule has 0 N–H and O–H groups in total. The summed E-state index contributed by atoms with van der Waals surface area (Å²) < 4.78 is 5.66. The Bertz CT molecular complexity index is 409. The standard InChI is InChI=1S/C13H21N3O2/c1-13(2,3)12-15-14-11(18-12)8-16-7-5-4-6-10(16)9-17/h9-10H,4-8H2,1-3H3. The number of rotatable bonds is 3. The van der Waals surface area contributed by atoms with Gasteiger partial charge in [0.05, 0.1) is 12.6 Å². The summed E-state index contributed by atoms with van der Waals surface area (Å²) in [5.41, 5.74) is -0.128. The fraction of sp³-hybridized carbons (Fsp3) is 0.769. The van der Waals surface area contributed by atoms with Crippen LogP contribution < -0.4 is 0 Å². The van der Waals surface area contributed by atoms with Gasteiger partial charge in [-0.05, 0) is 19.4 Å². The number of hydrogen-bond donors (Lipinski definition) is 0. The zero-order chi connectivity index (χ0) is 13.2. The number of hydrogen-bond acceptors (Lipinski definition) is 5. The van der Waals surface area contributed by atoms with E-state index in [0.29, 0.717) is 18.3 Å². The molecule has 2 heterocycles. The molecule has 18 heavy (non-hydrogen) atoms. The van der Waals surface area contributed by atoms with Gasteiger partial charge in [0.1, 0.15) is 6.29 Å². The first-order valence-electron chi connectivity index (χ1n) is 6.53. The largest absolute Gasteiger partial charge is 0.423 e. The van der Waals surface area contributed by atoms with Crippen LogP contribution in [0, 0.1) is 0 Å². The van der Waals surface area contributed by atoms with Crippen LogP contribution in [0.3, 0.4) is 0 Å². The van der Waals surface area contributed by atoms with E-state index >= 15 is 0 Å². The number of nitrogens with zero attached hydrogens (tertiary/aromatic N) is 3. The minimum absolute atomic E-state index is 0.00346.